The molecule has 0 aromatic carbocycles. The maximum Gasteiger partial charge on any atom is 0.245 e. The monoisotopic (exact) mass is 380 g/mol. The Bertz CT molecular complexity index is 551. The van der Waals surface area contributed by atoms with E-state index < -0.39 is 10.0 Å². The van der Waals surface area contributed by atoms with Gasteiger partial charge in [0.1, 0.15) is 4.90 Å². The van der Waals surface area contributed by atoms with Gasteiger partial charge in [-0.2, -0.15) is 4.31 Å². The lowest BCUT2D eigenvalue weighted by Crippen LogP contribution is -2.38. The topological polar surface area (TPSA) is 49.4 Å². The lowest BCUT2D eigenvalue weighted by atomic mass is 10.2. The first-order valence-electron chi connectivity index (χ1n) is 6.95. The van der Waals surface area contributed by atoms with Gasteiger partial charge in [0.15, 0.2) is 0 Å². The van der Waals surface area contributed by atoms with Crippen LogP contribution in [0.1, 0.15) is 37.5 Å². The van der Waals surface area contributed by atoms with Crippen LogP contribution in [0.5, 0.6) is 0 Å². The minimum Gasteiger partial charge on any atom is -0.315 e. The highest BCUT2D eigenvalue weighted by atomic mass is 79.9. The summed E-state index contributed by atoms with van der Waals surface area (Å²) < 4.78 is 28.1. The summed E-state index contributed by atoms with van der Waals surface area (Å²) in [4.78, 5) is 1.45. The maximum atomic E-state index is 12.9. The Morgan fingerprint density at radius 2 is 2.10 bits per heavy atom. The number of rotatable bonds is 6. The molecule has 0 atom stereocenters. The molecule has 1 heterocycles. The maximum absolute atomic E-state index is 12.9. The molecule has 0 radical (unpaired) electrons. The molecule has 1 N–H and O–H groups in total. The van der Waals surface area contributed by atoms with Gasteiger partial charge in [-0.3, -0.25) is 0 Å². The lowest BCUT2D eigenvalue weighted by molar-refractivity contribution is 0.335. The molecule has 1 saturated carbocycles. The molecule has 4 nitrogen and oxygen atoms in total. The molecule has 1 aromatic heterocycles. The third-order valence-electron chi connectivity index (χ3n) is 3.69. The van der Waals surface area contributed by atoms with Gasteiger partial charge in [0, 0.05) is 24.0 Å². The van der Waals surface area contributed by atoms with Crippen molar-refractivity contribution < 1.29 is 8.42 Å². The Balaban J connectivity index is 2.32. The van der Waals surface area contributed by atoms with E-state index in [0.29, 0.717) is 21.8 Å². The van der Waals surface area contributed by atoms with Crippen LogP contribution in [0.3, 0.4) is 0 Å². The molecular formula is C13H21BrN2O2S2. The van der Waals surface area contributed by atoms with Crippen LogP contribution in [0.15, 0.2) is 14.7 Å². The smallest absolute Gasteiger partial charge is 0.245 e. The summed E-state index contributed by atoms with van der Waals surface area (Å²) in [5, 5.41) is 3.06. The second kappa shape index (κ2) is 6.87. The van der Waals surface area contributed by atoms with Crippen LogP contribution in [0.2, 0.25) is 0 Å². The van der Waals surface area contributed by atoms with Crippen molar-refractivity contribution in [2.45, 2.75) is 50.1 Å². The van der Waals surface area contributed by atoms with E-state index in [0.717, 1.165) is 30.6 Å². The van der Waals surface area contributed by atoms with E-state index in [2.05, 4.69) is 21.2 Å². The summed E-state index contributed by atoms with van der Waals surface area (Å²) in [5.74, 6) is 0. The number of hydrogen-bond acceptors (Lipinski definition) is 4. The number of halogens is 1. The minimum absolute atomic E-state index is 0.171. The normalized spacial score (nSPS) is 17.2. The van der Waals surface area contributed by atoms with E-state index in [1.165, 1.54) is 11.3 Å². The van der Waals surface area contributed by atoms with Gasteiger partial charge >= 0.3 is 0 Å². The summed E-state index contributed by atoms with van der Waals surface area (Å²) >= 11 is 4.90. The predicted molar refractivity (Wildman–Crippen MR) is 86.6 cm³/mol. The van der Waals surface area contributed by atoms with Gasteiger partial charge in [-0.05, 0) is 41.9 Å². The Kier molecular flexibility index (Phi) is 5.64. The van der Waals surface area contributed by atoms with Gasteiger partial charge in [0.05, 0.1) is 3.79 Å². The summed E-state index contributed by atoms with van der Waals surface area (Å²) in [7, 11) is -1.53. The molecule has 0 spiro atoms. The standard InChI is InChI=1S/C13H21BrN2O2S2/c1-3-16(10-6-4-5-7-10)20(17,18)12-8-11(9-15-2)19-13(12)14/h8,10,15H,3-7,9H2,1-2H3. The van der Waals surface area contributed by atoms with Crippen molar-refractivity contribution in [2.75, 3.05) is 13.6 Å². The summed E-state index contributed by atoms with van der Waals surface area (Å²) in [5.41, 5.74) is 0. The Morgan fingerprint density at radius 3 is 2.65 bits per heavy atom. The first kappa shape index (κ1) is 16.4. The third-order valence-corrected chi connectivity index (χ3v) is 7.97. The average Bonchev–Trinajstić information content (AvgIpc) is 3.00. The number of thiophene rings is 1. The largest absolute Gasteiger partial charge is 0.315 e. The van der Waals surface area contributed by atoms with Crippen molar-refractivity contribution in [1.29, 1.82) is 0 Å². The fourth-order valence-corrected chi connectivity index (χ4v) is 7.12. The Morgan fingerprint density at radius 1 is 1.45 bits per heavy atom. The van der Waals surface area contributed by atoms with Crippen LogP contribution in [-0.4, -0.2) is 32.4 Å². The van der Waals surface area contributed by atoms with Crippen molar-refractivity contribution in [3.63, 3.8) is 0 Å². The van der Waals surface area contributed by atoms with Crippen molar-refractivity contribution in [3.8, 4) is 0 Å². The Hall–Kier alpha value is 0.0500. The fraction of sp³-hybridized carbons (Fsp3) is 0.692. The quantitative estimate of drug-likeness (QED) is 0.824. The molecule has 0 bridgehead atoms. The van der Waals surface area contributed by atoms with Crippen molar-refractivity contribution in [1.82, 2.24) is 9.62 Å². The molecule has 1 aromatic rings. The van der Waals surface area contributed by atoms with Crippen LogP contribution in [-0.2, 0) is 16.6 Å². The lowest BCUT2D eigenvalue weighted by Gasteiger charge is -2.26. The zero-order valence-electron chi connectivity index (χ0n) is 11.9. The van der Waals surface area contributed by atoms with Gasteiger partial charge in [-0.15, -0.1) is 11.3 Å². The number of hydrogen-bond donors (Lipinski definition) is 1. The van der Waals surface area contributed by atoms with E-state index in [-0.39, 0.29) is 6.04 Å². The first-order valence-corrected chi connectivity index (χ1v) is 10.00. The molecule has 1 fully saturated rings. The average molecular weight is 381 g/mol. The highest BCUT2D eigenvalue weighted by molar-refractivity contribution is 9.11. The van der Waals surface area contributed by atoms with Crippen molar-refractivity contribution in [3.05, 3.63) is 14.7 Å². The zero-order valence-corrected chi connectivity index (χ0v) is 15.1. The van der Waals surface area contributed by atoms with Gasteiger partial charge < -0.3 is 5.32 Å². The van der Waals surface area contributed by atoms with Crippen LogP contribution in [0.25, 0.3) is 0 Å². The molecule has 1 aliphatic carbocycles. The van der Waals surface area contributed by atoms with Crippen LogP contribution >= 0.6 is 27.3 Å². The molecule has 2 rings (SSSR count). The molecule has 20 heavy (non-hydrogen) atoms. The van der Waals surface area contributed by atoms with E-state index in [1.54, 1.807) is 10.4 Å². The van der Waals surface area contributed by atoms with E-state index in [9.17, 15) is 8.42 Å². The second-order valence-electron chi connectivity index (χ2n) is 5.03. The molecule has 1 aliphatic rings. The van der Waals surface area contributed by atoms with E-state index in [1.807, 2.05) is 14.0 Å². The van der Waals surface area contributed by atoms with Gasteiger partial charge in [0.25, 0.3) is 0 Å². The van der Waals surface area contributed by atoms with Crippen molar-refractivity contribution >= 4 is 37.3 Å². The van der Waals surface area contributed by atoms with Gasteiger partial charge in [-0.1, -0.05) is 19.8 Å². The van der Waals surface area contributed by atoms with Crippen LogP contribution in [0, 0.1) is 0 Å². The highest BCUT2D eigenvalue weighted by Crippen LogP contribution is 2.36. The predicted octanol–water partition coefficient (Wildman–Crippen LogP) is 3.18. The number of nitrogens with one attached hydrogen (secondary N) is 1. The molecule has 0 amide bonds. The molecule has 0 aliphatic heterocycles. The molecule has 7 heteroatoms. The van der Waals surface area contributed by atoms with E-state index >= 15 is 0 Å². The van der Waals surface area contributed by atoms with Gasteiger partial charge in [-0.25, -0.2) is 8.42 Å². The van der Waals surface area contributed by atoms with E-state index in [4.69, 9.17) is 0 Å². The number of sulfonamides is 1. The molecule has 0 saturated heterocycles. The zero-order chi connectivity index (χ0) is 14.8. The molecule has 0 unspecified atom stereocenters. The van der Waals surface area contributed by atoms with Crippen LogP contribution < -0.4 is 5.32 Å². The van der Waals surface area contributed by atoms with Crippen LogP contribution in [0.4, 0.5) is 0 Å². The molecule has 114 valence electrons. The first-order chi connectivity index (χ1) is 9.50. The highest BCUT2D eigenvalue weighted by Gasteiger charge is 2.34. The fourth-order valence-electron chi connectivity index (χ4n) is 2.78. The summed E-state index contributed by atoms with van der Waals surface area (Å²) in [6.07, 6.45) is 4.23. The summed E-state index contributed by atoms with van der Waals surface area (Å²) in [6.45, 7) is 3.15. The molecular weight excluding hydrogens is 360 g/mol. The number of nitrogens with zero attached hydrogens (tertiary/aromatic N) is 1. The summed E-state index contributed by atoms with van der Waals surface area (Å²) in [6, 6.07) is 1.96. The van der Waals surface area contributed by atoms with Crippen molar-refractivity contribution in [2.24, 2.45) is 0 Å². The minimum atomic E-state index is -3.39. The third kappa shape index (κ3) is 3.27. The SMILES string of the molecule is CCN(C1CCCC1)S(=O)(=O)c1cc(CNC)sc1Br. The Labute approximate surface area is 133 Å². The second-order valence-corrected chi connectivity index (χ2v) is 9.34. The van der Waals surface area contributed by atoms with Gasteiger partial charge in [0.2, 0.25) is 10.0 Å².